The summed E-state index contributed by atoms with van der Waals surface area (Å²) in [4.78, 5) is 4.38. The summed E-state index contributed by atoms with van der Waals surface area (Å²) in [6.45, 7) is 2.74. The van der Waals surface area contributed by atoms with Gasteiger partial charge in [0.15, 0.2) is 0 Å². The number of nitrogen functional groups attached to an aromatic ring is 1. The molecule has 0 unspecified atom stereocenters. The fourth-order valence-electron chi connectivity index (χ4n) is 2.13. The molecule has 0 saturated carbocycles. The maximum atomic E-state index is 5.85. The number of fused-ring (bicyclic) bond motifs is 1. The van der Waals surface area contributed by atoms with Crippen LogP contribution in [-0.2, 0) is 0 Å². The lowest BCUT2D eigenvalue weighted by Gasteiger charge is -2.10. The van der Waals surface area contributed by atoms with Crippen LogP contribution in [0.25, 0.3) is 22.2 Å². The second kappa shape index (κ2) is 5.21. The largest absolute Gasteiger partial charge is 0.493 e. The Balaban J connectivity index is 2.10. The molecule has 0 spiro atoms. The van der Waals surface area contributed by atoms with Gasteiger partial charge >= 0.3 is 0 Å². The van der Waals surface area contributed by atoms with Crippen molar-refractivity contribution in [3.63, 3.8) is 0 Å². The summed E-state index contributed by atoms with van der Waals surface area (Å²) in [6, 6.07) is 9.70. The number of aromatic nitrogens is 3. The fourth-order valence-corrected chi connectivity index (χ4v) is 2.13. The molecule has 102 valence electrons. The summed E-state index contributed by atoms with van der Waals surface area (Å²) in [7, 11) is 0. The highest BCUT2D eigenvalue weighted by Gasteiger charge is 2.08. The highest BCUT2D eigenvalue weighted by molar-refractivity contribution is 5.89. The molecule has 0 aliphatic carbocycles. The van der Waals surface area contributed by atoms with Crippen LogP contribution < -0.4 is 10.5 Å². The van der Waals surface area contributed by atoms with Gasteiger partial charge in [-0.05, 0) is 24.6 Å². The van der Waals surface area contributed by atoms with Crippen molar-refractivity contribution in [3.8, 4) is 17.0 Å². The molecule has 3 N–H and O–H groups in total. The number of hydrogen-bond acceptors (Lipinski definition) is 4. The van der Waals surface area contributed by atoms with Crippen molar-refractivity contribution in [1.82, 2.24) is 15.2 Å². The number of nitrogens with one attached hydrogen (secondary N) is 1. The monoisotopic (exact) mass is 268 g/mol. The van der Waals surface area contributed by atoms with Crippen LogP contribution in [-0.4, -0.2) is 21.8 Å². The third-order valence-electron chi connectivity index (χ3n) is 3.07. The minimum Gasteiger partial charge on any atom is -0.493 e. The molecule has 20 heavy (non-hydrogen) atoms. The van der Waals surface area contributed by atoms with Crippen molar-refractivity contribution in [2.75, 3.05) is 12.3 Å². The van der Waals surface area contributed by atoms with Gasteiger partial charge < -0.3 is 10.5 Å². The number of pyridine rings is 1. The number of nitrogens with zero attached hydrogens (tertiary/aromatic N) is 2. The number of ether oxygens (including phenoxy) is 1. The number of rotatable bonds is 4. The maximum Gasteiger partial charge on any atom is 0.132 e. The van der Waals surface area contributed by atoms with E-state index in [1.807, 2.05) is 24.3 Å². The molecule has 0 fully saturated rings. The zero-order chi connectivity index (χ0) is 13.9. The average Bonchev–Trinajstić information content (AvgIpc) is 2.98. The van der Waals surface area contributed by atoms with Crippen LogP contribution in [0.15, 0.2) is 36.5 Å². The van der Waals surface area contributed by atoms with E-state index in [0.29, 0.717) is 12.4 Å². The number of H-pyrrole nitrogens is 1. The number of nitrogens with two attached hydrogens (primary N) is 1. The molecule has 3 aromatic rings. The molecule has 2 heterocycles. The Labute approximate surface area is 116 Å². The van der Waals surface area contributed by atoms with Gasteiger partial charge in [-0.2, -0.15) is 5.10 Å². The highest BCUT2D eigenvalue weighted by Crippen LogP contribution is 2.29. The Bertz CT molecular complexity index is 722. The SMILES string of the molecule is CCCOc1cc(N)nc2cc(-c3ccn[nH]3)ccc12. The molecule has 0 aliphatic rings. The predicted molar refractivity (Wildman–Crippen MR) is 79.5 cm³/mol. The summed E-state index contributed by atoms with van der Waals surface area (Å²) in [6.07, 6.45) is 2.68. The van der Waals surface area contributed by atoms with Gasteiger partial charge in [0.05, 0.1) is 17.8 Å². The average molecular weight is 268 g/mol. The van der Waals surface area contributed by atoms with Gasteiger partial charge in [-0.15, -0.1) is 0 Å². The molecule has 0 atom stereocenters. The number of aromatic amines is 1. The topological polar surface area (TPSA) is 76.8 Å². The van der Waals surface area contributed by atoms with Gasteiger partial charge in [-0.1, -0.05) is 13.0 Å². The number of anilines is 1. The third kappa shape index (κ3) is 2.30. The van der Waals surface area contributed by atoms with Crippen molar-refractivity contribution in [2.45, 2.75) is 13.3 Å². The van der Waals surface area contributed by atoms with Crippen LogP contribution in [0.1, 0.15) is 13.3 Å². The first kappa shape index (κ1) is 12.5. The van der Waals surface area contributed by atoms with Gasteiger partial charge in [0.2, 0.25) is 0 Å². The van der Waals surface area contributed by atoms with Crippen LogP contribution in [0.2, 0.25) is 0 Å². The maximum absolute atomic E-state index is 5.85. The number of hydrogen-bond donors (Lipinski definition) is 2. The summed E-state index contributed by atoms with van der Waals surface area (Å²) in [5.41, 5.74) is 8.65. The van der Waals surface area contributed by atoms with Gasteiger partial charge in [-0.25, -0.2) is 4.98 Å². The summed E-state index contributed by atoms with van der Waals surface area (Å²) in [5, 5.41) is 7.87. The first-order valence-electron chi connectivity index (χ1n) is 6.60. The van der Waals surface area contributed by atoms with E-state index in [1.54, 1.807) is 12.3 Å². The van der Waals surface area contributed by atoms with E-state index in [1.165, 1.54) is 0 Å². The van der Waals surface area contributed by atoms with Gasteiger partial charge in [-0.3, -0.25) is 5.10 Å². The van der Waals surface area contributed by atoms with Gasteiger partial charge in [0, 0.05) is 23.2 Å². The second-order valence-corrected chi connectivity index (χ2v) is 4.60. The standard InChI is InChI=1S/C15H16N4O/c1-2-7-20-14-9-15(16)18-13-8-10(3-4-11(13)14)12-5-6-17-19-12/h3-6,8-9H,2,7H2,1H3,(H2,16,18)(H,17,19). The Morgan fingerprint density at radius 3 is 2.90 bits per heavy atom. The highest BCUT2D eigenvalue weighted by atomic mass is 16.5. The van der Waals surface area contributed by atoms with E-state index in [2.05, 4.69) is 22.1 Å². The quantitative estimate of drug-likeness (QED) is 0.762. The molecular formula is C15H16N4O. The lowest BCUT2D eigenvalue weighted by atomic mass is 10.1. The summed E-state index contributed by atoms with van der Waals surface area (Å²) < 4.78 is 5.74. The Morgan fingerprint density at radius 2 is 2.15 bits per heavy atom. The first-order valence-corrected chi connectivity index (χ1v) is 6.60. The number of benzene rings is 1. The van der Waals surface area contributed by atoms with Gasteiger partial charge in [0.25, 0.3) is 0 Å². The van der Waals surface area contributed by atoms with Crippen LogP contribution in [0.4, 0.5) is 5.82 Å². The zero-order valence-corrected chi connectivity index (χ0v) is 11.3. The molecule has 1 aromatic carbocycles. The Hall–Kier alpha value is -2.56. The molecule has 5 heteroatoms. The predicted octanol–water partition coefficient (Wildman–Crippen LogP) is 3.00. The molecule has 0 aliphatic heterocycles. The molecule has 0 radical (unpaired) electrons. The Morgan fingerprint density at radius 1 is 1.25 bits per heavy atom. The van der Waals surface area contributed by atoms with Crippen molar-refractivity contribution >= 4 is 16.7 Å². The van der Waals surface area contributed by atoms with Crippen LogP contribution in [0, 0.1) is 0 Å². The summed E-state index contributed by atoms with van der Waals surface area (Å²) in [5.74, 6) is 1.25. The van der Waals surface area contributed by atoms with Crippen LogP contribution in [0.3, 0.4) is 0 Å². The molecule has 0 bridgehead atoms. The lowest BCUT2D eigenvalue weighted by Crippen LogP contribution is -1.99. The van der Waals surface area contributed by atoms with E-state index in [-0.39, 0.29) is 0 Å². The second-order valence-electron chi connectivity index (χ2n) is 4.60. The minimum atomic E-state index is 0.463. The summed E-state index contributed by atoms with van der Waals surface area (Å²) >= 11 is 0. The van der Waals surface area contributed by atoms with E-state index in [4.69, 9.17) is 10.5 Å². The van der Waals surface area contributed by atoms with Crippen molar-refractivity contribution in [2.24, 2.45) is 0 Å². The van der Waals surface area contributed by atoms with E-state index in [9.17, 15) is 0 Å². The molecule has 3 rings (SSSR count). The van der Waals surface area contributed by atoms with E-state index in [0.717, 1.165) is 34.3 Å². The van der Waals surface area contributed by atoms with E-state index >= 15 is 0 Å². The first-order chi connectivity index (χ1) is 9.78. The smallest absolute Gasteiger partial charge is 0.132 e. The molecule has 2 aromatic heterocycles. The van der Waals surface area contributed by atoms with Crippen molar-refractivity contribution < 1.29 is 4.74 Å². The fraction of sp³-hybridized carbons (Fsp3) is 0.200. The normalized spacial score (nSPS) is 10.8. The van der Waals surface area contributed by atoms with E-state index < -0.39 is 0 Å². The van der Waals surface area contributed by atoms with Crippen molar-refractivity contribution in [1.29, 1.82) is 0 Å². The van der Waals surface area contributed by atoms with Crippen LogP contribution in [0.5, 0.6) is 5.75 Å². The lowest BCUT2D eigenvalue weighted by molar-refractivity contribution is 0.321. The van der Waals surface area contributed by atoms with Gasteiger partial charge in [0.1, 0.15) is 11.6 Å². The molecule has 0 saturated heterocycles. The molecule has 5 nitrogen and oxygen atoms in total. The third-order valence-corrected chi connectivity index (χ3v) is 3.07. The Kier molecular flexibility index (Phi) is 3.25. The van der Waals surface area contributed by atoms with Crippen LogP contribution >= 0.6 is 0 Å². The zero-order valence-electron chi connectivity index (χ0n) is 11.3. The van der Waals surface area contributed by atoms with Crippen molar-refractivity contribution in [3.05, 3.63) is 36.5 Å². The minimum absolute atomic E-state index is 0.463. The molecule has 0 amide bonds. The molecular weight excluding hydrogens is 252 g/mol.